The largest absolute Gasteiger partial charge is 0.469 e. The summed E-state index contributed by atoms with van der Waals surface area (Å²) in [7, 11) is 3.32. The molecule has 3 nitrogen and oxygen atoms in total. The van der Waals surface area contributed by atoms with Crippen molar-refractivity contribution in [2.45, 2.75) is 46.6 Å². The predicted molar refractivity (Wildman–Crippen MR) is 78.6 cm³/mol. The van der Waals surface area contributed by atoms with E-state index in [2.05, 4.69) is 39.1 Å². The Morgan fingerprint density at radius 1 is 1.21 bits per heavy atom. The molecule has 0 saturated carbocycles. The highest BCUT2D eigenvalue weighted by Gasteiger charge is 2.17. The van der Waals surface area contributed by atoms with Crippen LogP contribution in [0.4, 0.5) is 0 Å². The minimum atomic E-state index is -0.168. The molecule has 0 bridgehead atoms. The molecule has 0 saturated heterocycles. The molecule has 0 aliphatic carbocycles. The van der Waals surface area contributed by atoms with Gasteiger partial charge in [0.05, 0.1) is 13.5 Å². The number of carbonyl (C=O) groups is 1. The first-order valence-corrected chi connectivity index (χ1v) is 6.71. The molecule has 0 amide bonds. The Labute approximate surface area is 116 Å². The quantitative estimate of drug-likeness (QED) is 0.830. The third kappa shape index (κ3) is 3.80. The molecule has 1 rings (SSSR count). The van der Waals surface area contributed by atoms with Crippen molar-refractivity contribution in [1.29, 1.82) is 0 Å². The molecule has 3 heteroatoms. The highest BCUT2D eigenvalue weighted by molar-refractivity contribution is 5.70. The van der Waals surface area contributed by atoms with E-state index in [1.807, 2.05) is 7.05 Å². The van der Waals surface area contributed by atoms with Crippen molar-refractivity contribution >= 4 is 5.97 Å². The molecule has 0 aliphatic heterocycles. The summed E-state index contributed by atoms with van der Waals surface area (Å²) in [5.41, 5.74) is 6.62. The van der Waals surface area contributed by atoms with Gasteiger partial charge in [0.25, 0.3) is 0 Å². The summed E-state index contributed by atoms with van der Waals surface area (Å²) in [5, 5.41) is 3.21. The standard InChI is InChI=1S/C16H25NO2/c1-10-7-11(2)13(4)15(12(10)3)8-14(17-5)9-16(18)19-6/h7,14,17H,8-9H2,1-6H3. The third-order valence-electron chi connectivity index (χ3n) is 4.02. The van der Waals surface area contributed by atoms with Crippen LogP contribution in [0.15, 0.2) is 6.07 Å². The zero-order chi connectivity index (χ0) is 14.6. The van der Waals surface area contributed by atoms with E-state index in [-0.39, 0.29) is 12.0 Å². The third-order valence-corrected chi connectivity index (χ3v) is 4.02. The molecule has 0 heterocycles. The fraction of sp³-hybridized carbons (Fsp3) is 0.562. The Hall–Kier alpha value is -1.35. The summed E-state index contributed by atoms with van der Waals surface area (Å²) in [5.74, 6) is -0.168. The lowest BCUT2D eigenvalue weighted by Gasteiger charge is -2.20. The molecule has 1 atom stereocenters. The Balaban J connectivity index is 3.00. The summed E-state index contributed by atoms with van der Waals surface area (Å²) in [6.45, 7) is 8.59. The molecule has 0 aliphatic rings. The van der Waals surface area contributed by atoms with Crippen LogP contribution < -0.4 is 5.32 Å². The topological polar surface area (TPSA) is 38.3 Å². The molecular weight excluding hydrogens is 238 g/mol. The van der Waals surface area contributed by atoms with E-state index in [9.17, 15) is 4.79 Å². The van der Waals surface area contributed by atoms with Crippen LogP contribution in [0.5, 0.6) is 0 Å². The van der Waals surface area contributed by atoms with Gasteiger partial charge in [-0.1, -0.05) is 6.07 Å². The molecule has 106 valence electrons. The van der Waals surface area contributed by atoms with E-state index in [0.29, 0.717) is 6.42 Å². The van der Waals surface area contributed by atoms with Gasteiger partial charge < -0.3 is 10.1 Å². The number of carbonyl (C=O) groups excluding carboxylic acids is 1. The molecule has 0 aromatic heterocycles. The smallest absolute Gasteiger partial charge is 0.307 e. The van der Waals surface area contributed by atoms with E-state index in [4.69, 9.17) is 4.74 Å². The van der Waals surface area contributed by atoms with Crippen LogP contribution in [0.3, 0.4) is 0 Å². The zero-order valence-electron chi connectivity index (χ0n) is 12.9. The lowest BCUT2D eigenvalue weighted by atomic mass is 9.89. The highest BCUT2D eigenvalue weighted by Crippen LogP contribution is 2.23. The van der Waals surface area contributed by atoms with E-state index in [0.717, 1.165) is 6.42 Å². The van der Waals surface area contributed by atoms with Crippen LogP contribution in [0.1, 0.15) is 34.2 Å². The van der Waals surface area contributed by atoms with Gasteiger partial charge in [-0.2, -0.15) is 0 Å². The first kappa shape index (κ1) is 15.7. The van der Waals surface area contributed by atoms with Crippen LogP contribution in [0.2, 0.25) is 0 Å². The average Bonchev–Trinajstić information content (AvgIpc) is 2.39. The van der Waals surface area contributed by atoms with Crippen LogP contribution in [-0.2, 0) is 16.0 Å². The Bertz CT molecular complexity index is 440. The number of methoxy groups -OCH3 is 1. The normalized spacial score (nSPS) is 12.3. The fourth-order valence-corrected chi connectivity index (χ4v) is 2.41. The van der Waals surface area contributed by atoms with Gasteiger partial charge in [0.1, 0.15) is 0 Å². The summed E-state index contributed by atoms with van der Waals surface area (Å²) < 4.78 is 4.75. The number of hydrogen-bond acceptors (Lipinski definition) is 3. The number of ether oxygens (including phenoxy) is 1. The van der Waals surface area contributed by atoms with Crippen molar-refractivity contribution in [1.82, 2.24) is 5.32 Å². The van der Waals surface area contributed by atoms with Gasteiger partial charge in [-0.3, -0.25) is 4.79 Å². The molecule has 0 spiro atoms. The van der Waals surface area contributed by atoms with Crippen molar-refractivity contribution in [2.75, 3.05) is 14.2 Å². The highest BCUT2D eigenvalue weighted by atomic mass is 16.5. The van der Waals surface area contributed by atoms with Crippen molar-refractivity contribution < 1.29 is 9.53 Å². The number of rotatable bonds is 5. The second-order valence-electron chi connectivity index (χ2n) is 5.21. The second kappa shape index (κ2) is 6.71. The lowest BCUT2D eigenvalue weighted by molar-refractivity contribution is -0.141. The van der Waals surface area contributed by atoms with Crippen molar-refractivity contribution in [3.8, 4) is 0 Å². The molecule has 19 heavy (non-hydrogen) atoms. The number of likely N-dealkylation sites (N-methyl/N-ethyl adjacent to an activating group) is 1. The van der Waals surface area contributed by atoms with E-state index in [1.165, 1.54) is 34.9 Å². The molecule has 1 aromatic rings. The van der Waals surface area contributed by atoms with Gasteiger partial charge in [-0.15, -0.1) is 0 Å². The molecular formula is C16H25NO2. The molecule has 1 unspecified atom stereocenters. The van der Waals surface area contributed by atoms with Gasteiger partial charge >= 0.3 is 5.97 Å². The monoisotopic (exact) mass is 263 g/mol. The van der Waals surface area contributed by atoms with E-state index in [1.54, 1.807) is 0 Å². The number of benzene rings is 1. The maximum Gasteiger partial charge on any atom is 0.307 e. The van der Waals surface area contributed by atoms with Crippen LogP contribution in [0, 0.1) is 27.7 Å². The van der Waals surface area contributed by atoms with Gasteiger partial charge in [0.2, 0.25) is 0 Å². The predicted octanol–water partition coefficient (Wildman–Crippen LogP) is 2.61. The lowest BCUT2D eigenvalue weighted by Crippen LogP contribution is -2.31. The van der Waals surface area contributed by atoms with Crippen LogP contribution >= 0.6 is 0 Å². The fourth-order valence-electron chi connectivity index (χ4n) is 2.41. The Morgan fingerprint density at radius 2 is 1.74 bits per heavy atom. The average molecular weight is 263 g/mol. The Morgan fingerprint density at radius 3 is 2.16 bits per heavy atom. The first-order chi connectivity index (χ1) is 8.90. The number of nitrogens with one attached hydrogen (secondary N) is 1. The van der Waals surface area contributed by atoms with Crippen LogP contribution in [0.25, 0.3) is 0 Å². The SMILES string of the molecule is CNC(CC(=O)OC)Cc1c(C)c(C)cc(C)c1C. The first-order valence-electron chi connectivity index (χ1n) is 6.71. The number of hydrogen-bond donors (Lipinski definition) is 1. The van der Waals surface area contributed by atoms with Gasteiger partial charge in [0, 0.05) is 6.04 Å². The van der Waals surface area contributed by atoms with Gasteiger partial charge in [-0.05, 0) is 69.0 Å². The number of aryl methyl sites for hydroxylation is 2. The number of esters is 1. The summed E-state index contributed by atoms with van der Waals surface area (Å²) in [4.78, 5) is 11.4. The summed E-state index contributed by atoms with van der Waals surface area (Å²) >= 11 is 0. The molecule has 0 fully saturated rings. The van der Waals surface area contributed by atoms with E-state index >= 15 is 0 Å². The summed E-state index contributed by atoms with van der Waals surface area (Å²) in [6.07, 6.45) is 1.25. The molecule has 1 aromatic carbocycles. The minimum absolute atomic E-state index is 0.117. The maximum atomic E-state index is 11.4. The van der Waals surface area contributed by atoms with Gasteiger partial charge in [-0.25, -0.2) is 0 Å². The van der Waals surface area contributed by atoms with Gasteiger partial charge in [0.15, 0.2) is 0 Å². The van der Waals surface area contributed by atoms with Crippen molar-refractivity contribution in [3.63, 3.8) is 0 Å². The summed E-state index contributed by atoms with van der Waals surface area (Å²) in [6, 6.07) is 2.34. The van der Waals surface area contributed by atoms with Crippen LogP contribution in [-0.4, -0.2) is 26.2 Å². The maximum absolute atomic E-state index is 11.4. The van der Waals surface area contributed by atoms with Crippen molar-refractivity contribution in [3.05, 3.63) is 33.9 Å². The van der Waals surface area contributed by atoms with Crippen molar-refractivity contribution in [2.24, 2.45) is 0 Å². The van der Waals surface area contributed by atoms with E-state index < -0.39 is 0 Å². The second-order valence-corrected chi connectivity index (χ2v) is 5.21. The zero-order valence-corrected chi connectivity index (χ0v) is 12.9. The Kier molecular flexibility index (Phi) is 5.55. The molecule has 0 radical (unpaired) electrons. The molecule has 1 N–H and O–H groups in total. The minimum Gasteiger partial charge on any atom is -0.469 e.